The number of carbonyl (C=O) groups is 2. The molecule has 2 amide bonds. The van der Waals surface area contributed by atoms with E-state index in [4.69, 9.17) is 4.74 Å². The zero-order chi connectivity index (χ0) is 15.4. The number of carbonyl (C=O) groups excluding carboxylic acids is 2. The van der Waals surface area contributed by atoms with E-state index < -0.39 is 0 Å². The second kappa shape index (κ2) is 6.67. The summed E-state index contributed by atoms with van der Waals surface area (Å²) >= 11 is 0. The van der Waals surface area contributed by atoms with E-state index in [0.717, 1.165) is 0 Å². The van der Waals surface area contributed by atoms with Crippen molar-refractivity contribution in [2.24, 2.45) is 5.92 Å². The van der Waals surface area contributed by atoms with E-state index in [0.29, 0.717) is 18.8 Å². The van der Waals surface area contributed by atoms with E-state index in [2.05, 4.69) is 5.32 Å². The lowest BCUT2D eigenvalue weighted by Gasteiger charge is -2.18. The molecule has 0 saturated carbocycles. The van der Waals surface area contributed by atoms with Crippen molar-refractivity contribution in [2.45, 2.75) is 19.4 Å². The molecule has 1 aromatic carbocycles. The van der Waals surface area contributed by atoms with Gasteiger partial charge in [0.25, 0.3) is 0 Å². The van der Waals surface area contributed by atoms with Crippen LogP contribution in [0.15, 0.2) is 24.3 Å². The number of amides is 2. The van der Waals surface area contributed by atoms with Crippen molar-refractivity contribution in [3.63, 3.8) is 0 Å². The van der Waals surface area contributed by atoms with Crippen molar-refractivity contribution in [1.82, 2.24) is 5.32 Å². The number of rotatable bonds is 5. The molecule has 114 valence electrons. The summed E-state index contributed by atoms with van der Waals surface area (Å²) < 4.78 is 17.9. The highest BCUT2D eigenvalue weighted by Gasteiger charge is 2.35. The van der Waals surface area contributed by atoms with Crippen LogP contribution < -0.4 is 10.2 Å². The smallest absolute Gasteiger partial charge is 0.227 e. The molecule has 1 N–H and O–H groups in total. The number of nitrogens with zero attached hydrogens (tertiary/aromatic N) is 1. The highest BCUT2D eigenvalue weighted by atomic mass is 19.1. The van der Waals surface area contributed by atoms with Crippen LogP contribution in [0.25, 0.3) is 0 Å². The van der Waals surface area contributed by atoms with Crippen LogP contribution in [0.5, 0.6) is 0 Å². The lowest BCUT2D eigenvalue weighted by molar-refractivity contribution is -0.127. The van der Waals surface area contributed by atoms with Crippen molar-refractivity contribution in [3.05, 3.63) is 30.1 Å². The Morgan fingerprint density at radius 1 is 1.48 bits per heavy atom. The minimum atomic E-state index is -0.387. The van der Waals surface area contributed by atoms with E-state index in [1.54, 1.807) is 19.2 Å². The van der Waals surface area contributed by atoms with Crippen molar-refractivity contribution in [1.29, 1.82) is 0 Å². The number of halogens is 1. The van der Waals surface area contributed by atoms with Crippen molar-refractivity contribution >= 4 is 17.5 Å². The number of benzene rings is 1. The molecule has 5 nitrogen and oxygen atoms in total. The molecule has 1 aromatic rings. The third-order valence-electron chi connectivity index (χ3n) is 3.44. The van der Waals surface area contributed by atoms with Crippen LogP contribution >= 0.6 is 0 Å². The molecule has 1 saturated heterocycles. The van der Waals surface area contributed by atoms with E-state index in [-0.39, 0.29) is 36.0 Å². The lowest BCUT2D eigenvalue weighted by Crippen LogP contribution is -2.40. The Hall–Kier alpha value is -1.95. The average Bonchev–Trinajstić information content (AvgIpc) is 2.82. The molecule has 2 rings (SSSR count). The maximum Gasteiger partial charge on any atom is 0.227 e. The first-order chi connectivity index (χ1) is 10.0. The Morgan fingerprint density at radius 2 is 2.14 bits per heavy atom. The fourth-order valence-corrected chi connectivity index (χ4v) is 2.41. The number of methoxy groups -OCH3 is 1. The first-order valence-corrected chi connectivity index (χ1v) is 6.86. The quantitative estimate of drug-likeness (QED) is 0.891. The second-order valence-corrected chi connectivity index (χ2v) is 5.25. The van der Waals surface area contributed by atoms with Crippen LogP contribution in [0.2, 0.25) is 0 Å². The standard InChI is InChI=1S/C15H19FN2O3/c1-10(9-21-2)17-15(20)11-7-14(19)18(8-11)13-5-3-12(16)4-6-13/h3-6,10-11H,7-9H2,1-2H3,(H,17,20)/t10-,11+/m0/s1. The fourth-order valence-electron chi connectivity index (χ4n) is 2.41. The number of ether oxygens (including phenoxy) is 1. The van der Waals surface area contributed by atoms with Gasteiger partial charge in [-0.15, -0.1) is 0 Å². The SMILES string of the molecule is COC[C@H](C)NC(=O)[C@@H]1CC(=O)N(c2ccc(F)cc2)C1. The summed E-state index contributed by atoms with van der Waals surface area (Å²) in [5.41, 5.74) is 0.613. The van der Waals surface area contributed by atoms with Gasteiger partial charge in [-0.25, -0.2) is 4.39 Å². The summed E-state index contributed by atoms with van der Waals surface area (Å²) in [6.45, 7) is 2.58. The summed E-state index contributed by atoms with van der Waals surface area (Å²) in [7, 11) is 1.57. The van der Waals surface area contributed by atoms with Gasteiger partial charge in [-0.3, -0.25) is 9.59 Å². The van der Waals surface area contributed by atoms with Crippen molar-refractivity contribution in [3.8, 4) is 0 Å². The zero-order valence-corrected chi connectivity index (χ0v) is 12.1. The normalized spacial score (nSPS) is 19.7. The lowest BCUT2D eigenvalue weighted by atomic mass is 10.1. The molecule has 1 fully saturated rings. The van der Waals surface area contributed by atoms with Crippen molar-refractivity contribution < 1.29 is 18.7 Å². The molecule has 1 aliphatic heterocycles. The Balaban J connectivity index is 1.99. The van der Waals surface area contributed by atoms with Gasteiger partial charge in [0.05, 0.1) is 12.5 Å². The van der Waals surface area contributed by atoms with Gasteiger partial charge in [0.2, 0.25) is 11.8 Å². The Morgan fingerprint density at radius 3 is 2.76 bits per heavy atom. The van der Waals surface area contributed by atoms with Crippen LogP contribution in [0.3, 0.4) is 0 Å². The molecule has 0 spiro atoms. The third kappa shape index (κ3) is 3.78. The molecule has 21 heavy (non-hydrogen) atoms. The monoisotopic (exact) mass is 294 g/mol. The first kappa shape index (κ1) is 15.4. The topological polar surface area (TPSA) is 58.6 Å². The van der Waals surface area contributed by atoms with Gasteiger partial charge in [0, 0.05) is 31.8 Å². The molecule has 0 unspecified atom stereocenters. The number of nitrogens with one attached hydrogen (secondary N) is 1. The Bertz CT molecular complexity index is 518. The zero-order valence-electron chi connectivity index (χ0n) is 12.1. The van der Waals surface area contributed by atoms with Crippen molar-refractivity contribution in [2.75, 3.05) is 25.2 Å². The molecule has 0 aliphatic carbocycles. The van der Waals surface area contributed by atoms with Gasteiger partial charge in [-0.05, 0) is 31.2 Å². The highest BCUT2D eigenvalue weighted by molar-refractivity contribution is 6.00. The largest absolute Gasteiger partial charge is 0.383 e. The third-order valence-corrected chi connectivity index (χ3v) is 3.44. The summed E-state index contributed by atoms with van der Waals surface area (Å²) in [5.74, 6) is -1.02. The van der Waals surface area contributed by atoms with Crippen LogP contribution in [0, 0.1) is 11.7 Å². The molecule has 0 radical (unpaired) electrons. The number of hydrogen-bond acceptors (Lipinski definition) is 3. The maximum atomic E-state index is 12.9. The summed E-state index contributed by atoms with van der Waals surface area (Å²) in [5, 5.41) is 2.82. The van der Waals surface area contributed by atoms with Gasteiger partial charge in [0.15, 0.2) is 0 Å². The van der Waals surface area contributed by atoms with Crippen LogP contribution in [-0.4, -0.2) is 38.1 Å². The predicted molar refractivity (Wildman–Crippen MR) is 76.3 cm³/mol. The molecule has 0 aromatic heterocycles. The Labute approximate surface area is 123 Å². The summed E-state index contributed by atoms with van der Waals surface area (Å²) in [4.78, 5) is 25.6. The second-order valence-electron chi connectivity index (χ2n) is 5.25. The molecular formula is C15H19FN2O3. The summed E-state index contributed by atoms with van der Waals surface area (Å²) in [6, 6.07) is 5.59. The maximum absolute atomic E-state index is 12.9. The van der Waals surface area contributed by atoms with Crippen LogP contribution in [0.1, 0.15) is 13.3 Å². The van der Waals surface area contributed by atoms with E-state index in [9.17, 15) is 14.0 Å². The number of anilines is 1. The van der Waals surface area contributed by atoms with Gasteiger partial charge >= 0.3 is 0 Å². The van der Waals surface area contributed by atoms with Gasteiger partial charge in [-0.1, -0.05) is 0 Å². The molecule has 2 atom stereocenters. The minimum absolute atomic E-state index is 0.0996. The highest BCUT2D eigenvalue weighted by Crippen LogP contribution is 2.25. The van der Waals surface area contributed by atoms with Gasteiger partial charge in [0.1, 0.15) is 5.82 Å². The molecule has 6 heteroatoms. The molecular weight excluding hydrogens is 275 g/mol. The van der Waals surface area contributed by atoms with Gasteiger partial charge < -0.3 is 15.0 Å². The Kier molecular flexibility index (Phi) is 4.90. The number of hydrogen-bond donors (Lipinski definition) is 1. The minimum Gasteiger partial charge on any atom is -0.383 e. The van der Waals surface area contributed by atoms with Crippen LogP contribution in [-0.2, 0) is 14.3 Å². The van der Waals surface area contributed by atoms with Crippen LogP contribution in [0.4, 0.5) is 10.1 Å². The molecule has 1 aliphatic rings. The van der Waals surface area contributed by atoms with E-state index in [1.165, 1.54) is 17.0 Å². The van der Waals surface area contributed by atoms with E-state index in [1.807, 2.05) is 6.92 Å². The predicted octanol–water partition coefficient (Wildman–Crippen LogP) is 1.33. The fraction of sp³-hybridized carbons (Fsp3) is 0.467. The average molecular weight is 294 g/mol. The first-order valence-electron chi connectivity index (χ1n) is 6.86. The molecule has 1 heterocycles. The summed E-state index contributed by atoms with van der Waals surface area (Å²) in [6.07, 6.45) is 0.170. The van der Waals surface area contributed by atoms with Gasteiger partial charge in [-0.2, -0.15) is 0 Å². The molecule has 0 bridgehead atoms. The van der Waals surface area contributed by atoms with E-state index >= 15 is 0 Å².